The van der Waals surface area contributed by atoms with Gasteiger partial charge in [0.15, 0.2) is 0 Å². The summed E-state index contributed by atoms with van der Waals surface area (Å²) in [6, 6.07) is 10.5. The van der Waals surface area contributed by atoms with E-state index in [1.165, 1.54) is 5.56 Å². The van der Waals surface area contributed by atoms with Gasteiger partial charge in [-0.05, 0) is 24.8 Å². The van der Waals surface area contributed by atoms with Crippen LogP contribution >= 0.6 is 12.2 Å². The lowest BCUT2D eigenvalue weighted by molar-refractivity contribution is 0.0793. The summed E-state index contributed by atoms with van der Waals surface area (Å²) < 4.78 is 5.32. The Morgan fingerprint density at radius 3 is 2.67 bits per heavy atom. The van der Waals surface area contributed by atoms with Crippen LogP contribution in [0, 0.1) is 5.41 Å². The van der Waals surface area contributed by atoms with E-state index in [-0.39, 0.29) is 24.2 Å². The molecule has 0 heterocycles. The summed E-state index contributed by atoms with van der Waals surface area (Å²) >= 11 is 5.29. The monoisotopic (exact) mass is 344 g/mol. The molecule has 128 valence electrons. The molecule has 2 saturated carbocycles. The Bertz CT molecular complexity index is 628. The van der Waals surface area contributed by atoms with E-state index in [1.807, 2.05) is 23.1 Å². The van der Waals surface area contributed by atoms with Gasteiger partial charge in [0, 0.05) is 23.9 Å². The molecule has 2 fully saturated rings. The van der Waals surface area contributed by atoms with Crippen LogP contribution in [0.25, 0.3) is 0 Å². The summed E-state index contributed by atoms with van der Waals surface area (Å²) in [5.41, 5.74) is 7.03. The molecular formula is C19H24N2O2S. The van der Waals surface area contributed by atoms with Crippen molar-refractivity contribution in [3.8, 4) is 0 Å². The summed E-state index contributed by atoms with van der Waals surface area (Å²) in [5, 5.41) is 0. The number of carbonyl (C=O) groups excluding carboxylic acids is 1. The van der Waals surface area contributed by atoms with E-state index in [2.05, 4.69) is 18.7 Å². The SMILES string of the molecule is C=CCOC(=O)N(CC1(C(N)=S)CCC1)[C@H]1CC1c1ccccc1. The van der Waals surface area contributed by atoms with Gasteiger partial charge in [-0.3, -0.25) is 0 Å². The molecular weight excluding hydrogens is 320 g/mol. The fraction of sp³-hybridized carbons (Fsp3) is 0.474. The van der Waals surface area contributed by atoms with Gasteiger partial charge >= 0.3 is 6.09 Å². The highest BCUT2D eigenvalue weighted by Crippen LogP contribution is 2.48. The molecule has 5 heteroatoms. The van der Waals surface area contributed by atoms with Crippen molar-refractivity contribution in [3.05, 3.63) is 48.6 Å². The molecule has 2 aliphatic rings. The van der Waals surface area contributed by atoms with Crippen LogP contribution in [-0.2, 0) is 4.74 Å². The molecule has 1 aromatic carbocycles. The largest absolute Gasteiger partial charge is 0.445 e. The molecule has 2 atom stereocenters. The summed E-state index contributed by atoms with van der Waals surface area (Å²) in [5.74, 6) is 0.367. The molecule has 0 radical (unpaired) electrons. The second-order valence-electron chi connectivity index (χ2n) is 6.81. The Morgan fingerprint density at radius 1 is 1.42 bits per heavy atom. The summed E-state index contributed by atoms with van der Waals surface area (Å²) in [6.07, 6.45) is 5.28. The highest BCUT2D eigenvalue weighted by atomic mass is 32.1. The molecule has 0 aromatic heterocycles. The van der Waals surface area contributed by atoms with Crippen LogP contribution in [0.4, 0.5) is 4.79 Å². The van der Waals surface area contributed by atoms with Gasteiger partial charge in [0.2, 0.25) is 0 Å². The molecule has 0 bridgehead atoms. The second-order valence-corrected chi connectivity index (χ2v) is 7.25. The van der Waals surface area contributed by atoms with Gasteiger partial charge in [0.25, 0.3) is 0 Å². The Labute approximate surface area is 148 Å². The first-order valence-electron chi connectivity index (χ1n) is 8.46. The number of rotatable bonds is 7. The Morgan fingerprint density at radius 2 is 2.12 bits per heavy atom. The van der Waals surface area contributed by atoms with E-state index in [0.717, 1.165) is 25.7 Å². The molecule has 24 heavy (non-hydrogen) atoms. The van der Waals surface area contributed by atoms with Crippen LogP contribution < -0.4 is 5.73 Å². The van der Waals surface area contributed by atoms with E-state index in [9.17, 15) is 4.79 Å². The molecule has 0 aliphatic heterocycles. The van der Waals surface area contributed by atoms with Gasteiger partial charge in [0.1, 0.15) is 6.61 Å². The van der Waals surface area contributed by atoms with E-state index < -0.39 is 0 Å². The standard InChI is InChI=1S/C19H24N2O2S/c1-2-11-23-18(22)21(13-19(17(20)24)9-6-10-19)16-12-15(16)14-7-4-3-5-8-14/h2-5,7-8,15-16H,1,6,9-13H2,(H2,20,24)/t15?,16-/m0/s1. The van der Waals surface area contributed by atoms with E-state index in [0.29, 0.717) is 17.5 Å². The third-order valence-corrected chi connectivity index (χ3v) is 5.68. The average molecular weight is 344 g/mol. The van der Waals surface area contributed by atoms with E-state index in [4.69, 9.17) is 22.7 Å². The highest BCUT2D eigenvalue weighted by Gasteiger charge is 2.50. The van der Waals surface area contributed by atoms with Gasteiger partial charge in [-0.2, -0.15) is 0 Å². The minimum absolute atomic E-state index is 0.163. The third kappa shape index (κ3) is 3.31. The van der Waals surface area contributed by atoms with Crippen LogP contribution in [0.15, 0.2) is 43.0 Å². The molecule has 0 spiro atoms. The number of carbonyl (C=O) groups is 1. The van der Waals surface area contributed by atoms with Crippen LogP contribution in [0.2, 0.25) is 0 Å². The number of nitrogens with zero attached hydrogens (tertiary/aromatic N) is 1. The van der Waals surface area contributed by atoms with Crippen LogP contribution in [-0.4, -0.2) is 35.2 Å². The quantitative estimate of drug-likeness (QED) is 0.606. The highest BCUT2D eigenvalue weighted by molar-refractivity contribution is 7.80. The fourth-order valence-electron chi connectivity index (χ4n) is 3.53. The van der Waals surface area contributed by atoms with Crippen LogP contribution in [0.1, 0.15) is 37.2 Å². The first-order chi connectivity index (χ1) is 11.6. The molecule has 2 aliphatic carbocycles. The first-order valence-corrected chi connectivity index (χ1v) is 8.87. The zero-order valence-corrected chi connectivity index (χ0v) is 14.6. The van der Waals surface area contributed by atoms with Crippen LogP contribution in [0.3, 0.4) is 0 Å². The van der Waals surface area contributed by atoms with Gasteiger partial charge < -0.3 is 15.4 Å². The molecule has 2 N–H and O–H groups in total. The van der Waals surface area contributed by atoms with Gasteiger partial charge in [-0.25, -0.2) is 4.79 Å². The minimum atomic E-state index is -0.291. The van der Waals surface area contributed by atoms with Gasteiger partial charge in [0.05, 0.1) is 4.99 Å². The molecule has 0 saturated heterocycles. The smallest absolute Gasteiger partial charge is 0.410 e. The van der Waals surface area contributed by atoms with Crippen LogP contribution in [0.5, 0.6) is 0 Å². The lowest BCUT2D eigenvalue weighted by Crippen LogP contribution is -2.52. The number of thiocarbonyl (C=S) groups is 1. The van der Waals surface area contributed by atoms with Crippen molar-refractivity contribution < 1.29 is 9.53 Å². The van der Waals surface area contributed by atoms with Crippen molar-refractivity contribution in [3.63, 3.8) is 0 Å². The number of hydrogen-bond donors (Lipinski definition) is 1. The first kappa shape index (κ1) is 17.0. The van der Waals surface area contributed by atoms with Gasteiger partial charge in [-0.1, -0.05) is 61.6 Å². The van der Waals surface area contributed by atoms with E-state index in [1.54, 1.807) is 6.08 Å². The predicted octanol–water partition coefficient (Wildman–Crippen LogP) is 3.62. The minimum Gasteiger partial charge on any atom is -0.445 e. The van der Waals surface area contributed by atoms with Gasteiger partial charge in [-0.15, -0.1) is 0 Å². The van der Waals surface area contributed by atoms with Crippen molar-refractivity contribution in [2.45, 2.75) is 37.6 Å². The van der Waals surface area contributed by atoms with Crippen molar-refractivity contribution in [1.82, 2.24) is 4.90 Å². The maximum atomic E-state index is 12.6. The molecule has 4 nitrogen and oxygen atoms in total. The lowest BCUT2D eigenvalue weighted by atomic mass is 9.68. The zero-order valence-electron chi connectivity index (χ0n) is 13.8. The summed E-state index contributed by atoms with van der Waals surface area (Å²) in [6.45, 7) is 4.39. The number of hydrogen-bond acceptors (Lipinski definition) is 3. The zero-order chi connectivity index (χ0) is 17.2. The molecule has 3 rings (SSSR count). The van der Waals surface area contributed by atoms with Crippen molar-refractivity contribution in [1.29, 1.82) is 0 Å². The maximum absolute atomic E-state index is 12.6. The maximum Gasteiger partial charge on any atom is 0.410 e. The Kier molecular flexibility index (Phi) is 4.90. The fourth-order valence-corrected chi connectivity index (χ4v) is 3.80. The number of amides is 1. The average Bonchev–Trinajstić information content (AvgIpc) is 3.33. The Balaban J connectivity index is 1.75. The number of nitrogens with two attached hydrogens (primary N) is 1. The molecule has 1 unspecified atom stereocenters. The van der Waals surface area contributed by atoms with Crippen molar-refractivity contribution >= 4 is 23.3 Å². The summed E-state index contributed by atoms with van der Waals surface area (Å²) in [4.78, 5) is 14.9. The molecule has 1 amide bonds. The second kappa shape index (κ2) is 6.93. The lowest BCUT2D eigenvalue weighted by Gasteiger charge is -2.44. The topological polar surface area (TPSA) is 55.6 Å². The molecule has 1 aromatic rings. The third-order valence-electron chi connectivity index (χ3n) is 5.25. The van der Waals surface area contributed by atoms with E-state index >= 15 is 0 Å². The number of benzene rings is 1. The van der Waals surface area contributed by atoms with Crippen molar-refractivity contribution in [2.75, 3.05) is 13.2 Å². The normalized spacial score (nSPS) is 23.7. The predicted molar refractivity (Wildman–Crippen MR) is 98.9 cm³/mol. The Hall–Kier alpha value is -1.88. The van der Waals surface area contributed by atoms with Crippen molar-refractivity contribution in [2.24, 2.45) is 11.1 Å². The summed E-state index contributed by atoms with van der Waals surface area (Å²) in [7, 11) is 0. The number of ether oxygens (including phenoxy) is 1.